The van der Waals surface area contributed by atoms with Gasteiger partial charge in [0, 0.05) is 17.5 Å². The Labute approximate surface area is 132 Å². The van der Waals surface area contributed by atoms with Crippen molar-refractivity contribution in [2.75, 3.05) is 11.6 Å². The van der Waals surface area contributed by atoms with Gasteiger partial charge in [0.2, 0.25) is 0 Å². The van der Waals surface area contributed by atoms with Crippen LogP contribution in [0.15, 0.2) is 64.0 Å². The van der Waals surface area contributed by atoms with Crippen LogP contribution >= 0.6 is 0 Å². The molecule has 0 unspecified atom stereocenters. The van der Waals surface area contributed by atoms with Crippen LogP contribution in [0.2, 0.25) is 0 Å². The van der Waals surface area contributed by atoms with Crippen molar-refractivity contribution in [2.24, 2.45) is 0 Å². The van der Waals surface area contributed by atoms with Crippen molar-refractivity contribution in [3.63, 3.8) is 0 Å². The summed E-state index contributed by atoms with van der Waals surface area (Å²) in [7, 11) is -3.29. The molecular weight excluding hydrogens is 319 g/mol. The highest BCUT2D eigenvalue weighted by atomic mass is 32.2. The van der Waals surface area contributed by atoms with Crippen molar-refractivity contribution in [1.82, 2.24) is 4.98 Å². The van der Waals surface area contributed by atoms with Crippen LogP contribution in [0.3, 0.4) is 0 Å². The molecule has 1 N–H and O–H groups in total. The van der Waals surface area contributed by atoms with Crippen LogP contribution in [0.25, 0.3) is 11.3 Å². The summed E-state index contributed by atoms with van der Waals surface area (Å²) in [5.74, 6) is 0.149. The van der Waals surface area contributed by atoms with Gasteiger partial charge in [0.1, 0.15) is 5.82 Å². The Morgan fingerprint density at radius 1 is 1.13 bits per heavy atom. The largest absolute Gasteiger partial charge is 0.423 e. The summed E-state index contributed by atoms with van der Waals surface area (Å²) in [5, 5.41) is 2.90. The standard InChI is InChI=1S/C16H13FN2O3S/c1-23(20,21)14-4-2-3-13(9-14)19-16-18-10-15(22-16)11-5-7-12(17)8-6-11/h2-10H,1H3,(H,18,19). The molecule has 0 spiro atoms. The van der Waals surface area contributed by atoms with E-state index in [9.17, 15) is 12.8 Å². The van der Waals surface area contributed by atoms with Crippen LogP contribution < -0.4 is 5.32 Å². The van der Waals surface area contributed by atoms with Gasteiger partial charge in [-0.1, -0.05) is 6.07 Å². The molecule has 3 rings (SSSR count). The fourth-order valence-electron chi connectivity index (χ4n) is 2.01. The zero-order valence-corrected chi connectivity index (χ0v) is 13.0. The smallest absolute Gasteiger partial charge is 0.299 e. The highest BCUT2D eigenvalue weighted by molar-refractivity contribution is 7.90. The van der Waals surface area contributed by atoms with E-state index in [0.717, 1.165) is 6.26 Å². The fourth-order valence-corrected chi connectivity index (χ4v) is 2.67. The van der Waals surface area contributed by atoms with Gasteiger partial charge in [0.05, 0.1) is 11.1 Å². The molecule has 1 heterocycles. The number of anilines is 2. The minimum absolute atomic E-state index is 0.202. The molecule has 0 aliphatic carbocycles. The average Bonchev–Trinajstić information content (AvgIpc) is 2.96. The third-order valence-electron chi connectivity index (χ3n) is 3.15. The second kappa shape index (κ2) is 5.85. The Bertz CT molecular complexity index is 934. The van der Waals surface area contributed by atoms with Gasteiger partial charge in [0.15, 0.2) is 15.6 Å². The molecule has 2 aromatic carbocycles. The molecule has 0 atom stereocenters. The number of sulfone groups is 1. The monoisotopic (exact) mass is 332 g/mol. The fraction of sp³-hybridized carbons (Fsp3) is 0.0625. The van der Waals surface area contributed by atoms with Crippen LogP contribution in [0.4, 0.5) is 16.1 Å². The van der Waals surface area contributed by atoms with Gasteiger partial charge in [-0.05, 0) is 42.5 Å². The molecule has 5 nitrogen and oxygen atoms in total. The second-order valence-electron chi connectivity index (χ2n) is 4.96. The van der Waals surface area contributed by atoms with Crippen molar-refractivity contribution in [3.8, 4) is 11.3 Å². The third kappa shape index (κ3) is 3.57. The van der Waals surface area contributed by atoms with Crippen LogP contribution in [-0.4, -0.2) is 19.7 Å². The zero-order valence-electron chi connectivity index (χ0n) is 12.2. The average molecular weight is 332 g/mol. The molecular formula is C16H13FN2O3S. The molecule has 0 amide bonds. The number of nitrogens with one attached hydrogen (secondary N) is 1. The number of benzene rings is 2. The van der Waals surface area contributed by atoms with E-state index < -0.39 is 9.84 Å². The van der Waals surface area contributed by atoms with Crippen molar-refractivity contribution >= 4 is 21.5 Å². The lowest BCUT2D eigenvalue weighted by Gasteiger charge is -2.04. The van der Waals surface area contributed by atoms with E-state index in [0.29, 0.717) is 17.0 Å². The summed E-state index contributed by atoms with van der Waals surface area (Å²) >= 11 is 0. The van der Waals surface area contributed by atoms with Gasteiger partial charge >= 0.3 is 0 Å². The van der Waals surface area contributed by atoms with Crippen LogP contribution in [0.5, 0.6) is 0 Å². The van der Waals surface area contributed by atoms with E-state index in [4.69, 9.17) is 4.42 Å². The van der Waals surface area contributed by atoms with Crippen molar-refractivity contribution in [2.45, 2.75) is 4.90 Å². The summed E-state index contributed by atoms with van der Waals surface area (Å²) < 4.78 is 41.6. The third-order valence-corrected chi connectivity index (χ3v) is 4.26. The van der Waals surface area contributed by atoms with E-state index in [1.807, 2.05) is 0 Å². The van der Waals surface area contributed by atoms with Gasteiger partial charge in [-0.3, -0.25) is 0 Å². The van der Waals surface area contributed by atoms with Gasteiger partial charge in [-0.2, -0.15) is 0 Å². The number of hydrogen-bond donors (Lipinski definition) is 1. The SMILES string of the molecule is CS(=O)(=O)c1cccc(Nc2ncc(-c3ccc(F)cc3)o2)c1. The maximum absolute atomic E-state index is 12.9. The minimum atomic E-state index is -3.29. The number of aromatic nitrogens is 1. The number of nitrogens with zero attached hydrogens (tertiary/aromatic N) is 1. The molecule has 7 heteroatoms. The molecule has 0 radical (unpaired) electrons. The summed E-state index contributed by atoms with van der Waals surface area (Å²) in [6.45, 7) is 0. The first-order chi connectivity index (χ1) is 10.9. The first kappa shape index (κ1) is 15.2. The van der Waals surface area contributed by atoms with E-state index in [1.165, 1.54) is 30.5 Å². The quantitative estimate of drug-likeness (QED) is 0.790. The molecule has 0 aliphatic heterocycles. The minimum Gasteiger partial charge on any atom is -0.423 e. The molecule has 0 saturated carbocycles. The normalized spacial score (nSPS) is 11.4. The van der Waals surface area contributed by atoms with E-state index in [1.54, 1.807) is 24.3 Å². The van der Waals surface area contributed by atoms with Gasteiger partial charge in [-0.25, -0.2) is 17.8 Å². The van der Waals surface area contributed by atoms with Crippen molar-refractivity contribution < 1.29 is 17.2 Å². The van der Waals surface area contributed by atoms with E-state index >= 15 is 0 Å². The van der Waals surface area contributed by atoms with Crippen molar-refractivity contribution in [3.05, 3.63) is 60.5 Å². The molecule has 0 bridgehead atoms. The summed E-state index contributed by atoms with van der Waals surface area (Å²) in [6.07, 6.45) is 2.65. The second-order valence-corrected chi connectivity index (χ2v) is 6.98. The van der Waals surface area contributed by atoms with Gasteiger partial charge in [-0.15, -0.1) is 0 Å². The molecule has 23 heavy (non-hydrogen) atoms. The Morgan fingerprint density at radius 3 is 2.57 bits per heavy atom. The Kier molecular flexibility index (Phi) is 3.87. The topological polar surface area (TPSA) is 72.2 Å². The Morgan fingerprint density at radius 2 is 1.87 bits per heavy atom. The molecule has 0 fully saturated rings. The number of rotatable bonds is 4. The number of hydrogen-bond acceptors (Lipinski definition) is 5. The van der Waals surface area contributed by atoms with Crippen LogP contribution in [0, 0.1) is 5.82 Å². The summed E-state index contributed by atoms with van der Waals surface area (Å²) in [4.78, 5) is 4.28. The molecule has 1 aromatic heterocycles. The molecule has 0 aliphatic rings. The van der Waals surface area contributed by atoms with E-state index in [-0.39, 0.29) is 16.7 Å². The Hall–Kier alpha value is -2.67. The lowest BCUT2D eigenvalue weighted by molar-refractivity contribution is 0.591. The maximum Gasteiger partial charge on any atom is 0.299 e. The highest BCUT2D eigenvalue weighted by Crippen LogP contribution is 2.25. The van der Waals surface area contributed by atoms with Crippen LogP contribution in [0.1, 0.15) is 0 Å². The van der Waals surface area contributed by atoms with Crippen molar-refractivity contribution in [1.29, 1.82) is 0 Å². The lowest BCUT2D eigenvalue weighted by Crippen LogP contribution is -1.98. The first-order valence-electron chi connectivity index (χ1n) is 6.71. The summed E-state index contributed by atoms with van der Waals surface area (Å²) in [5.41, 5.74) is 1.23. The zero-order chi connectivity index (χ0) is 16.4. The molecule has 3 aromatic rings. The van der Waals surface area contributed by atoms with Gasteiger partial charge < -0.3 is 9.73 Å². The maximum atomic E-state index is 12.9. The van der Waals surface area contributed by atoms with E-state index in [2.05, 4.69) is 10.3 Å². The highest BCUT2D eigenvalue weighted by Gasteiger charge is 2.10. The molecule has 0 saturated heterocycles. The lowest BCUT2D eigenvalue weighted by atomic mass is 10.2. The van der Waals surface area contributed by atoms with Gasteiger partial charge in [0.25, 0.3) is 6.01 Å². The number of halogens is 1. The Balaban J connectivity index is 1.83. The number of oxazole rings is 1. The predicted molar refractivity (Wildman–Crippen MR) is 84.7 cm³/mol. The first-order valence-corrected chi connectivity index (χ1v) is 8.60. The predicted octanol–water partition coefficient (Wildman–Crippen LogP) is 3.63. The van der Waals surface area contributed by atoms with Crippen LogP contribution in [-0.2, 0) is 9.84 Å². The molecule has 118 valence electrons. The summed E-state index contributed by atoms with van der Waals surface area (Å²) in [6, 6.07) is 12.4.